The highest BCUT2D eigenvalue weighted by Gasteiger charge is 2.33. The monoisotopic (exact) mass is 346 g/mol. The quantitative estimate of drug-likeness (QED) is 0.901. The summed E-state index contributed by atoms with van der Waals surface area (Å²) in [5.74, 6) is 0.105. The minimum Gasteiger partial charge on any atom is -0.389 e. The Morgan fingerprint density at radius 2 is 2.08 bits per heavy atom. The van der Waals surface area contributed by atoms with Crippen LogP contribution in [0.5, 0.6) is 0 Å². The first-order valence-corrected chi connectivity index (χ1v) is 9.37. The molecule has 2 atom stereocenters. The maximum absolute atomic E-state index is 12.8. The fourth-order valence-electron chi connectivity index (χ4n) is 3.63. The minimum atomic E-state index is -0.409. The summed E-state index contributed by atoms with van der Waals surface area (Å²) in [7, 11) is 0. The van der Waals surface area contributed by atoms with Gasteiger partial charge in [0.25, 0.3) is 5.91 Å². The number of hydrogen-bond acceptors (Lipinski definition) is 5. The molecule has 2 aliphatic rings. The third kappa shape index (κ3) is 3.07. The average Bonchev–Trinajstić information content (AvgIpc) is 3.16. The SMILES string of the molecule is O=C(c1ccc2sccc2c1)N1CCCN([C@H]2COC[C@@H]2O)CC1. The third-order valence-corrected chi connectivity index (χ3v) is 5.91. The third-order valence-electron chi connectivity index (χ3n) is 5.01. The first kappa shape index (κ1) is 16.0. The van der Waals surface area contributed by atoms with Gasteiger partial charge in [-0.15, -0.1) is 11.3 Å². The molecule has 4 rings (SSSR count). The Balaban J connectivity index is 1.45. The number of carbonyl (C=O) groups is 1. The van der Waals surface area contributed by atoms with E-state index < -0.39 is 6.10 Å². The zero-order chi connectivity index (χ0) is 16.5. The molecule has 0 saturated carbocycles. The van der Waals surface area contributed by atoms with Crippen molar-refractivity contribution in [2.75, 3.05) is 39.4 Å². The number of ether oxygens (including phenoxy) is 1. The lowest BCUT2D eigenvalue weighted by atomic mass is 10.1. The van der Waals surface area contributed by atoms with Gasteiger partial charge in [-0.05, 0) is 41.5 Å². The molecule has 2 aliphatic heterocycles. The Morgan fingerprint density at radius 1 is 1.17 bits per heavy atom. The van der Waals surface area contributed by atoms with Crippen LogP contribution in [0.1, 0.15) is 16.8 Å². The summed E-state index contributed by atoms with van der Waals surface area (Å²) >= 11 is 1.69. The molecule has 0 spiro atoms. The summed E-state index contributed by atoms with van der Waals surface area (Å²) in [6.45, 7) is 4.16. The van der Waals surface area contributed by atoms with E-state index in [0.717, 1.165) is 37.0 Å². The maximum Gasteiger partial charge on any atom is 0.253 e. The van der Waals surface area contributed by atoms with Crippen molar-refractivity contribution in [3.05, 3.63) is 35.2 Å². The molecule has 2 aromatic rings. The van der Waals surface area contributed by atoms with Crippen LogP contribution in [-0.2, 0) is 4.74 Å². The van der Waals surface area contributed by atoms with Crippen LogP contribution in [0.3, 0.4) is 0 Å². The standard InChI is InChI=1S/C18H22N2O3S/c21-16-12-23-11-15(16)19-5-1-6-20(8-7-19)18(22)14-2-3-17-13(10-14)4-9-24-17/h2-4,9-10,15-16,21H,1,5-8,11-12H2/t15-,16-/m0/s1. The fraction of sp³-hybridized carbons (Fsp3) is 0.500. The lowest BCUT2D eigenvalue weighted by molar-refractivity contribution is 0.0725. The summed E-state index contributed by atoms with van der Waals surface area (Å²) in [6, 6.07) is 8.08. The van der Waals surface area contributed by atoms with E-state index >= 15 is 0 Å². The molecule has 1 aromatic carbocycles. The van der Waals surface area contributed by atoms with E-state index in [1.165, 1.54) is 4.70 Å². The predicted octanol–water partition coefficient (Wildman–Crippen LogP) is 1.81. The molecule has 5 nitrogen and oxygen atoms in total. The highest BCUT2D eigenvalue weighted by molar-refractivity contribution is 7.17. The molecule has 1 amide bonds. The van der Waals surface area contributed by atoms with Gasteiger partial charge in [-0.1, -0.05) is 0 Å². The van der Waals surface area contributed by atoms with Gasteiger partial charge in [0.05, 0.1) is 25.4 Å². The van der Waals surface area contributed by atoms with Crippen LogP contribution in [0.25, 0.3) is 10.1 Å². The van der Waals surface area contributed by atoms with Crippen LogP contribution in [0.4, 0.5) is 0 Å². The van der Waals surface area contributed by atoms with Crippen molar-refractivity contribution in [3.63, 3.8) is 0 Å². The highest BCUT2D eigenvalue weighted by Crippen LogP contribution is 2.23. The van der Waals surface area contributed by atoms with Gasteiger partial charge in [0.1, 0.15) is 0 Å². The molecule has 1 aromatic heterocycles. The van der Waals surface area contributed by atoms with E-state index in [4.69, 9.17) is 4.74 Å². The second kappa shape index (κ2) is 6.80. The molecule has 128 valence electrons. The number of aliphatic hydroxyl groups excluding tert-OH is 1. The van der Waals surface area contributed by atoms with Crippen LogP contribution >= 0.6 is 11.3 Å². The van der Waals surface area contributed by atoms with E-state index in [1.807, 2.05) is 23.1 Å². The van der Waals surface area contributed by atoms with Gasteiger partial charge >= 0.3 is 0 Å². The zero-order valence-electron chi connectivity index (χ0n) is 13.6. The van der Waals surface area contributed by atoms with Crippen LogP contribution in [0, 0.1) is 0 Å². The van der Waals surface area contributed by atoms with Gasteiger partial charge in [-0.2, -0.15) is 0 Å². The number of benzene rings is 1. The van der Waals surface area contributed by atoms with Crippen molar-refractivity contribution < 1.29 is 14.6 Å². The van der Waals surface area contributed by atoms with Crippen LogP contribution < -0.4 is 0 Å². The molecular formula is C18H22N2O3S. The first-order valence-electron chi connectivity index (χ1n) is 8.49. The lowest BCUT2D eigenvalue weighted by Gasteiger charge is -2.28. The number of fused-ring (bicyclic) bond motifs is 1. The smallest absolute Gasteiger partial charge is 0.253 e. The van der Waals surface area contributed by atoms with Crippen molar-refractivity contribution in [2.45, 2.75) is 18.6 Å². The Kier molecular flexibility index (Phi) is 4.54. The first-order chi connectivity index (χ1) is 11.7. The molecule has 2 saturated heterocycles. The number of carbonyl (C=O) groups excluding carboxylic acids is 1. The van der Waals surface area contributed by atoms with Gasteiger partial charge in [-0.3, -0.25) is 9.69 Å². The molecule has 0 unspecified atom stereocenters. The van der Waals surface area contributed by atoms with Gasteiger partial charge in [0.15, 0.2) is 0 Å². The summed E-state index contributed by atoms with van der Waals surface area (Å²) in [6.07, 6.45) is 0.517. The maximum atomic E-state index is 12.8. The summed E-state index contributed by atoms with van der Waals surface area (Å²) in [5.41, 5.74) is 0.763. The predicted molar refractivity (Wildman–Crippen MR) is 94.5 cm³/mol. The molecule has 0 bridgehead atoms. The van der Waals surface area contributed by atoms with Crippen molar-refractivity contribution in [1.29, 1.82) is 0 Å². The van der Waals surface area contributed by atoms with Crippen molar-refractivity contribution in [3.8, 4) is 0 Å². The van der Waals surface area contributed by atoms with E-state index in [2.05, 4.69) is 16.3 Å². The molecule has 3 heterocycles. The van der Waals surface area contributed by atoms with Crippen molar-refractivity contribution in [2.24, 2.45) is 0 Å². The lowest BCUT2D eigenvalue weighted by Crippen LogP contribution is -2.45. The van der Waals surface area contributed by atoms with E-state index in [1.54, 1.807) is 11.3 Å². The van der Waals surface area contributed by atoms with Gasteiger partial charge in [-0.25, -0.2) is 0 Å². The van der Waals surface area contributed by atoms with Crippen LogP contribution in [-0.4, -0.2) is 72.4 Å². The Labute approximate surface area is 145 Å². The highest BCUT2D eigenvalue weighted by atomic mass is 32.1. The second-order valence-corrected chi connectivity index (χ2v) is 7.47. The topological polar surface area (TPSA) is 53.0 Å². The molecule has 24 heavy (non-hydrogen) atoms. The van der Waals surface area contributed by atoms with Crippen molar-refractivity contribution in [1.82, 2.24) is 9.80 Å². The molecular weight excluding hydrogens is 324 g/mol. The van der Waals surface area contributed by atoms with Crippen molar-refractivity contribution >= 4 is 27.3 Å². The number of rotatable bonds is 2. The normalized spacial score (nSPS) is 26.0. The number of nitrogens with zero attached hydrogens (tertiary/aromatic N) is 2. The second-order valence-electron chi connectivity index (χ2n) is 6.53. The largest absolute Gasteiger partial charge is 0.389 e. The Morgan fingerprint density at radius 3 is 2.92 bits per heavy atom. The number of aliphatic hydroxyl groups is 1. The minimum absolute atomic E-state index is 0.0715. The number of thiophene rings is 1. The fourth-order valence-corrected chi connectivity index (χ4v) is 4.41. The van der Waals surface area contributed by atoms with Crippen LogP contribution in [0.2, 0.25) is 0 Å². The van der Waals surface area contributed by atoms with E-state index in [9.17, 15) is 9.90 Å². The van der Waals surface area contributed by atoms with E-state index in [0.29, 0.717) is 19.8 Å². The molecule has 1 N–H and O–H groups in total. The van der Waals surface area contributed by atoms with Gasteiger partial charge in [0, 0.05) is 36.4 Å². The van der Waals surface area contributed by atoms with Gasteiger partial charge < -0.3 is 14.7 Å². The van der Waals surface area contributed by atoms with Crippen LogP contribution in [0.15, 0.2) is 29.6 Å². The molecule has 0 radical (unpaired) electrons. The summed E-state index contributed by atoms with van der Waals surface area (Å²) in [5, 5.41) is 13.2. The number of amides is 1. The molecule has 6 heteroatoms. The number of hydrogen-bond donors (Lipinski definition) is 1. The summed E-state index contributed by atoms with van der Waals surface area (Å²) in [4.78, 5) is 17.1. The summed E-state index contributed by atoms with van der Waals surface area (Å²) < 4.78 is 6.58. The Bertz CT molecular complexity index is 732. The zero-order valence-corrected chi connectivity index (χ0v) is 14.4. The van der Waals surface area contributed by atoms with Gasteiger partial charge in [0.2, 0.25) is 0 Å². The molecule has 0 aliphatic carbocycles. The van der Waals surface area contributed by atoms with E-state index in [-0.39, 0.29) is 11.9 Å². The average molecular weight is 346 g/mol. The Hall–Kier alpha value is -1.47. The molecule has 2 fully saturated rings.